The molecule has 0 saturated heterocycles. The first-order valence-corrected chi connectivity index (χ1v) is 13.1. The van der Waals surface area contributed by atoms with Crippen molar-refractivity contribution in [2.24, 2.45) is 0 Å². The monoisotopic (exact) mass is 490 g/mol. The lowest BCUT2D eigenvalue weighted by Gasteiger charge is -2.25. The molecule has 0 atom stereocenters. The highest BCUT2D eigenvalue weighted by Crippen LogP contribution is 2.36. The molecule has 1 fully saturated rings. The SMILES string of the molecule is O=C(O)c1ccc2c(c1)nc(-c1ccc(OCCc3cccc4ccccc34)cc1)n2C1CCCCC1. The van der Waals surface area contributed by atoms with Gasteiger partial charge in [-0.2, -0.15) is 0 Å². The molecule has 0 spiro atoms. The van der Waals surface area contributed by atoms with Crippen LogP contribution in [0.2, 0.25) is 0 Å². The molecule has 0 bridgehead atoms. The lowest BCUT2D eigenvalue weighted by atomic mass is 9.95. The zero-order valence-corrected chi connectivity index (χ0v) is 20.8. The van der Waals surface area contributed by atoms with E-state index < -0.39 is 5.97 Å². The molecule has 37 heavy (non-hydrogen) atoms. The number of fused-ring (bicyclic) bond motifs is 2. The first kappa shape index (κ1) is 23.3. The van der Waals surface area contributed by atoms with Gasteiger partial charge in [-0.3, -0.25) is 0 Å². The third kappa shape index (κ3) is 4.69. The number of aromatic nitrogens is 2. The van der Waals surface area contributed by atoms with E-state index in [0.29, 0.717) is 12.6 Å². The number of carbonyl (C=O) groups is 1. The maximum Gasteiger partial charge on any atom is 0.335 e. The minimum absolute atomic E-state index is 0.266. The van der Waals surface area contributed by atoms with E-state index in [-0.39, 0.29) is 5.56 Å². The zero-order chi connectivity index (χ0) is 25.2. The molecule has 6 rings (SSSR count). The molecule has 1 aromatic heterocycles. The van der Waals surface area contributed by atoms with E-state index in [0.717, 1.165) is 47.4 Å². The summed E-state index contributed by atoms with van der Waals surface area (Å²) in [6.45, 7) is 0.603. The third-order valence-electron chi connectivity index (χ3n) is 7.51. The number of carboxylic acids is 1. The first-order chi connectivity index (χ1) is 18.2. The molecular formula is C32H30N2O3. The van der Waals surface area contributed by atoms with Gasteiger partial charge in [0.05, 0.1) is 23.2 Å². The molecule has 0 radical (unpaired) electrons. The molecule has 1 aliphatic carbocycles. The number of benzene rings is 4. The number of carboxylic acid groups (broad SMARTS) is 1. The van der Waals surface area contributed by atoms with E-state index in [1.54, 1.807) is 12.1 Å². The lowest BCUT2D eigenvalue weighted by molar-refractivity contribution is 0.0697. The van der Waals surface area contributed by atoms with Gasteiger partial charge in [0, 0.05) is 18.0 Å². The maximum atomic E-state index is 11.5. The summed E-state index contributed by atoms with van der Waals surface area (Å²) >= 11 is 0. The minimum Gasteiger partial charge on any atom is -0.493 e. The zero-order valence-electron chi connectivity index (χ0n) is 20.8. The quantitative estimate of drug-likeness (QED) is 0.254. The Morgan fingerprint density at radius 2 is 1.70 bits per heavy atom. The van der Waals surface area contributed by atoms with E-state index in [2.05, 4.69) is 59.2 Å². The van der Waals surface area contributed by atoms with Gasteiger partial charge in [-0.25, -0.2) is 9.78 Å². The van der Waals surface area contributed by atoms with Gasteiger partial charge in [-0.05, 0) is 71.6 Å². The molecule has 0 unspecified atom stereocenters. The van der Waals surface area contributed by atoms with Crippen molar-refractivity contribution >= 4 is 27.8 Å². The Labute approximate surface area is 216 Å². The van der Waals surface area contributed by atoms with Crippen LogP contribution in [0, 0.1) is 0 Å². The lowest BCUT2D eigenvalue weighted by Crippen LogP contribution is -2.14. The fourth-order valence-electron chi connectivity index (χ4n) is 5.63. The fourth-order valence-corrected chi connectivity index (χ4v) is 5.63. The van der Waals surface area contributed by atoms with Gasteiger partial charge in [0.15, 0.2) is 0 Å². The van der Waals surface area contributed by atoms with Gasteiger partial charge < -0.3 is 14.4 Å². The maximum absolute atomic E-state index is 11.5. The smallest absolute Gasteiger partial charge is 0.335 e. The molecule has 1 saturated carbocycles. The summed E-state index contributed by atoms with van der Waals surface area (Å²) in [6.07, 6.45) is 6.77. The third-order valence-corrected chi connectivity index (χ3v) is 7.51. The van der Waals surface area contributed by atoms with Crippen molar-refractivity contribution in [3.05, 3.63) is 96.1 Å². The van der Waals surface area contributed by atoms with E-state index >= 15 is 0 Å². The van der Waals surface area contributed by atoms with Crippen LogP contribution in [0.25, 0.3) is 33.2 Å². The standard InChI is InChI=1S/C32H30N2O3/c35-32(36)25-15-18-30-29(21-25)33-31(34(30)26-10-2-1-3-11-26)24-13-16-27(17-14-24)37-20-19-23-9-6-8-22-7-4-5-12-28(22)23/h4-9,12-18,21,26H,1-3,10-11,19-20H2,(H,35,36). The molecule has 1 aliphatic rings. The number of nitrogens with zero attached hydrogens (tertiary/aromatic N) is 2. The average molecular weight is 491 g/mol. The van der Waals surface area contributed by atoms with Crippen LogP contribution in [0.15, 0.2) is 84.9 Å². The van der Waals surface area contributed by atoms with Gasteiger partial charge in [-0.15, -0.1) is 0 Å². The van der Waals surface area contributed by atoms with Crippen LogP contribution in [0.4, 0.5) is 0 Å². The number of aromatic carboxylic acids is 1. The second-order valence-corrected chi connectivity index (χ2v) is 9.87. The van der Waals surface area contributed by atoms with Crippen molar-refractivity contribution in [1.29, 1.82) is 0 Å². The Morgan fingerprint density at radius 3 is 2.51 bits per heavy atom. The van der Waals surface area contributed by atoms with Gasteiger partial charge in [0.1, 0.15) is 11.6 Å². The van der Waals surface area contributed by atoms with Crippen LogP contribution in [0.1, 0.15) is 54.1 Å². The highest BCUT2D eigenvalue weighted by atomic mass is 16.5. The van der Waals surface area contributed by atoms with Crippen LogP contribution in [0.5, 0.6) is 5.75 Å². The predicted octanol–water partition coefficient (Wildman–Crippen LogP) is 7.68. The topological polar surface area (TPSA) is 64.3 Å². The summed E-state index contributed by atoms with van der Waals surface area (Å²) in [5, 5.41) is 12.0. The first-order valence-electron chi connectivity index (χ1n) is 13.1. The molecule has 0 aliphatic heterocycles. The average Bonchev–Trinajstić information content (AvgIpc) is 3.33. The molecular weight excluding hydrogens is 460 g/mol. The summed E-state index contributed by atoms with van der Waals surface area (Å²) in [7, 11) is 0. The molecule has 5 aromatic rings. The Hall–Kier alpha value is -4.12. The number of ether oxygens (including phenoxy) is 1. The van der Waals surface area contributed by atoms with Gasteiger partial charge >= 0.3 is 5.97 Å². The molecule has 0 amide bonds. The molecule has 4 aromatic carbocycles. The van der Waals surface area contributed by atoms with Crippen LogP contribution in [-0.4, -0.2) is 27.2 Å². The van der Waals surface area contributed by atoms with Crippen molar-refractivity contribution in [2.45, 2.75) is 44.6 Å². The van der Waals surface area contributed by atoms with Crippen LogP contribution >= 0.6 is 0 Å². The Morgan fingerprint density at radius 1 is 0.919 bits per heavy atom. The molecule has 1 N–H and O–H groups in total. The van der Waals surface area contributed by atoms with Crippen LogP contribution < -0.4 is 4.74 Å². The van der Waals surface area contributed by atoms with E-state index in [1.807, 2.05) is 18.2 Å². The van der Waals surface area contributed by atoms with E-state index in [1.165, 1.54) is 35.6 Å². The second-order valence-electron chi connectivity index (χ2n) is 9.87. The van der Waals surface area contributed by atoms with Gasteiger partial charge in [0.2, 0.25) is 0 Å². The van der Waals surface area contributed by atoms with Gasteiger partial charge in [-0.1, -0.05) is 61.7 Å². The predicted molar refractivity (Wildman–Crippen MR) is 147 cm³/mol. The normalized spacial score (nSPS) is 14.3. The number of rotatable bonds is 7. The summed E-state index contributed by atoms with van der Waals surface area (Å²) in [6, 6.07) is 28.6. The highest BCUT2D eigenvalue weighted by Gasteiger charge is 2.23. The highest BCUT2D eigenvalue weighted by molar-refractivity contribution is 5.93. The Kier molecular flexibility index (Phi) is 6.35. The van der Waals surface area contributed by atoms with Crippen LogP contribution in [-0.2, 0) is 6.42 Å². The number of hydrogen-bond acceptors (Lipinski definition) is 3. The van der Waals surface area contributed by atoms with Crippen molar-refractivity contribution in [3.8, 4) is 17.1 Å². The second kappa shape index (κ2) is 10.1. The van der Waals surface area contributed by atoms with Crippen molar-refractivity contribution in [1.82, 2.24) is 9.55 Å². The Bertz CT molecular complexity index is 1560. The summed E-state index contributed by atoms with van der Waals surface area (Å²) < 4.78 is 8.43. The molecule has 1 heterocycles. The van der Waals surface area contributed by atoms with Crippen molar-refractivity contribution in [3.63, 3.8) is 0 Å². The summed E-state index contributed by atoms with van der Waals surface area (Å²) in [5.41, 5.74) is 4.30. The van der Waals surface area contributed by atoms with E-state index in [4.69, 9.17) is 9.72 Å². The summed E-state index contributed by atoms with van der Waals surface area (Å²) in [4.78, 5) is 16.5. The largest absolute Gasteiger partial charge is 0.493 e. The fraction of sp³-hybridized carbons (Fsp3) is 0.250. The minimum atomic E-state index is -0.930. The summed E-state index contributed by atoms with van der Waals surface area (Å²) in [5.74, 6) is 0.796. The van der Waals surface area contributed by atoms with Crippen molar-refractivity contribution < 1.29 is 14.6 Å². The van der Waals surface area contributed by atoms with Crippen LogP contribution in [0.3, 0.4) is 0 Å². The molecule has 186 valence electrons. The number of imidazole rings is 1. The molecule has 5 heteroatoms. The number of hydrogen-bond donors (Lipinski definition) is 1. The van der Waals surface area contributed by atoms with E-state index in [9.17, 15) is 9.90 Å². The Balaban J connectivity index is 1.24. The van der Waals surface area contributed by atoms with Gasteiger partial charge in [0.25, 0.3) is 0 Å². The van der Waals surface area contributed by atoms with Crippen molar-refractivity contribution in [2.75, 3.05) is 6.61 Å². The molecule has 5 nitrogen and oxygen atoms in total.